The molecule has 1 aromatic heterocycles. The zero-order chi connectivity index (χ0) is 11.8. The quantitative estimate of drug-likeness (QED) is 0.769. The van der Waals surface area contributed by atoms with Gasteiger partial charge in [0.2, 0.25) is 5.88 Å². The van der Waals surface area contributed by atoms with Gasteiger partial charge in [-0.2, -0.15) is 0 Å². The normalized spacial score (nSPS) is 12.2. The lowest BCUT2D eigenvalue weighted by molar-refractivity contribution is 0.229. The number of aliphatic hydroxyl groups is 1. The van der Waals surface area contributed by atoms with E-state index in [0.717, 1.165) is 18.6 Å². The van der Waals surface area contributed by atoms with Gasteiger partial charge >= 0.3 is 0 Å². The molecule has 0 radical (unpaired) electrons. The third-order valence-corrected chi connectivity index (χ3v) is 2.43. The standard InChI is InChI=1S/C12H19NO3/c1-10(5-7-14)6-8-16-12-4-3-11(15-2)9-13-12/h3-4,9-10,14H,5-8H2,1-2H3. The van der Waals surface area contributed by atoms with Crippen molar-refractivity contribution in [2.24, 2.45) is 5.92 Å². The number of ether oxygens (including phenoxy) is 2. The smallest absolute Gasteiger partial charge is 0.213 e. The van der Waals surface area contributed by atoms with E-state index in [0.29, 0.717) is 18.4 Å². The second-order valence-electron chi connectivity index (χ2n) is 3.79. The highest BCUT2D eigenvalue weighted by Gasteiger charge is 2.02. The maximum Gasteiger partial charge on any atom is 0.213 e. The molecule has 16 heavy (non-hydrogen) atoms. The molecule has 0 amide bonds. The highest BCUT2D eigenvalue weighted by atomic mass is 16.5. The molecule has 0 fully saturated rings. The molecular weight excluding hydrogens is 206 g/mol. The van der Waals surface area contributed by atoms with Gasteiger partial charge in [0.05, 0.1) is 19.9 Å². The van der Waals surface area contributed by atoms with Crippen LogP contribution in [0.25, 0.3) is 0 Å². The number of rotatable bonds is 7. The molecule has 1 rings (SSSR count). The predicted molar refractivity (Wildman–Crippen MR) is 61.8 cm³/mol. The lowest BCUT2D eigenvalue weighted by Gasteiger charge is -2.10. The largest absolute Gasteiger partial charge is 0.495 e. The number of methoxy groups -OCH3 is 1. The molecule has 0 saturated carbocycles. The van der Waals surface area contributed by atoms with E-state index in [1.807, 2.05) is 6.07 Å². The summed E-state index contributed by atoms with van der Waals surface area (Å²) in [5.74, 6) is 1.81. The maximum absolute atomic E-state index is 8.74. The minimum absolute atomic E-state index is 0.238. The zero-order valence-electron chi connectivity index (χ0n) is 9.85. The Morgan fingerprint density at radius 1 is 1.38 bits per heavy atom. The SMILES string of the molecule is COc1ccc(OCCC(C)CCO)nc1. The molecule has 1 aromatic rings. The molecule has 0 saturated heterocycles. The molecule has 1 atom stereocenters. The minimum atomic E-state index is 0.238. The number of nitrogens with zero attached hydrogens (tertiary/aromatic N) is 1. The second kappa shape index (κ2) is 7.06. The first-order valence-electron chi connectivity index (χ1n) is 5.50. The minimum Gasteiger partial charge on any atom is -0.495 e. The Balaban J connectivity index is 2.26. The van der Waals surface area contributed by atoms with Crippen LogP contribution in [0.15, 0.2) is 18.3 Å². The Morgan fingerprint density at radius 2 is 2.19 bits per heavy atom. The lowest BCUT2D eigenvalue weighted by Crippen LogP contribution is -2.06. The summed E-state index contributed by atoms with van der Waals surface area (Å²) in [6.07, 6.45) is 3.38. The van der Waals surface area contributed by atoms with Crippen LogP contribution in [0.4, 0.5) is 0 Å². The first-order chi connectivity index (χ1) is 7.76. The Hall–Kier alpha value is -1.29. The number of pyridine rings is 1. The highest BCUT2D eigenvalue weighted by molar-refractivity contribution is 5.22. The molecule has 1 heterocycles. The van der Waals surface area contributed by atoms with Gasteiger partial charge in [0.15, 0.2) is 0 Å². The fourth-order valence-corrected chi connectivity index (χ4v) is 1.30. The molecule has 0 spiro atoms. The van der Waals surface area contributed by atoms with E-state index < -0.39 is 0 Å². The monoisotopic (exact) mass is 225 g/mol. The molecular formula is C12H19NO3. The summed E-state index contributed by atoms with van der Waals surface area (Å²) in [5, 5.41) is 8.74. The van der Waals surface area contributed by atoms with Crippen LogP contribution in [0.3, 0.4) is 0 Å². The summed E-state index contributed by atoms with van der Waals surface area (Å²) in [4.78, 5) is 4.10. The molecule has 1 unspecified atom stereocenters. The van der Waals surface area contributed by atoms with Gasteiger partial charge in [0.25, 0.3) is 0 Å². The van der Waals surface area contributed by atoms with E-state index in [9.17, 15) is 0 Å². The molecule has 0 aliphatic carbocycles. The van der Waals surface area contributed by atoms with Gasteiger partial charge in [0.1, 0.15) is 5.75 Å². The number of aliphatic hydroxyl groups excluding tert-OH is 1. The van der Waals surface area contributed by atoms with Crippen LogP contribution in [-0.4, -0.2) is 30.4 Å². The fraction of sp³-hybridized carbons (Fsp3) is 0.583. The van der Waals surface area contributed by atoms with Crippen molar-refractivity contribution in [2.75, 3.05) is 20.3 Å². The lowest BCUT2D eigenvalue weighted by atomic mass is 10.1. The highest BCUT2D eigenvalue weighted by Crippen LogP contribution is 2.14. The molecule has 0 aliphatic rings. The van der Waals surface area contributed by atoms with Gasteiger partial charge < -0.3 is 14.6 Å². The summed E-state index contributed by atoms with van der Waals surface area (Å²) in [6.45, 7) is 2.96. The van der Waals surface area contributed by atoms with Gasteiger partial charge in [-0.05, 0) is 24.8 Å². The first kappa shape index (κ1) is 12.8. The summed E-state index contributed by atoms with van der Waals surface area (Å²) in [5.41, 5.74) is 0. The second-order valence-corrected chi connectivity index (χ2v) is 3.79. The van der Waals surface area contributed by atoms with Crippen molar-refractivity contribution in [3.8, 4) is 11.6 Å². The summed E-state index contributed by atoms with van der Waals surface area (Å²) in [6, 6.07) is 3.61. The van der Waals surface area contributed by atoms with Crippen molar-refractivity contribution in [1.29, 1.82) is 0 Å². The summed E-state index contributed by atoms with van der Waals surface area (Å²) >= 11 is 0. The van der Waals surface area contributed by atoms with Crippen LogP contribution < -0.4 is 9.47 Å². The zero-order valence-corrected chi connectivity index (χ0v) is 9.85. The number of hydrogen-bond acceptors (Lipinski definition) is 4. The number of hydrogen-bond donors (Lipinski definition) is 1. The fourth-order valence-electron chi connectivity index (χ4n) is 1.30. The van der Waals surface area contributed by atoms with Crippen LogP contribution in [0, 0.1) is 5.92 Å². The van der Waals surface area contributed by atoms with Crippen molar-refractivity contribution in [3.05, 3.63) is 18.3 Å². The van der Waals surface area contributed by atoms with E-state index in [1.165, 1.54) is 0 Å². The summed E-state index contributed by atoms with van der Waals surface area (Å²) in [7, 11) is 1.61. The Kier molecular flexibility index (Phi) is 5.64. The number of aromatic nitrogens is 1. The topological polar surface area (TPSA) is 51.6 Å². The molecule has 0 bridgehead atoms. The van der Waals surface area contributed by atoms with Crippen molar-refractivity contribution in [1.82, 2.24) is 4.98 Å². The van der Waals surface area contributed by atoms with Gasteiger partial charge in [0, 0.05) is 12.7 Å². The van der Waals surface area contributed by atoms with Gasteiger partial charge in [-0.1, -0.05) is 6.92 Å². The third kappa shape index (κ3) is 4.49. The van der Waals surface area contributed by atoms with Crippen molar-refractivity contribution >= 4 is 0 Å². The Labute approximate surface area is 96.2 Å². The average molecular weight is 225 g/mol. The van der Waals surface area contributed by atoms with Crippen molar-refractivity contribution in [3.63, 3.8) is 0 Å². The van der Waals surface area contributed by atoms with Gasteiger partial charge in [-0.15, -0.1) is 0 Å². The van der Waals surface area contributed by atoms with Crippen LogP contribution in [0.2, 0.25) is 0 Å². The Morgan fingerprint density at radius 3 is 2.75 bits per heavy atom. The molecule has 1 N–H and O–H groups in total. The van der Waals surface area contributed by atoms with Crippen LogP contribution in [-0.2, 0) is 0 Å². The molecule has 0 aliphatic heterocycles. The van der Waals surface area contributed by atoms with Crippen LogP contribution in [0.1, 0.15) is 19.8 Å². The molecule has 4 nitrogen and oxygen atoms in total. The first-order valence-corrected chi connectivity index (χ1v) is 5.50. The van der Waals surface area contributed by atoms with E-state index >= 15 is 0 Å². The molecule has 4 heteroatoms. The van der Waals surface area contributed by atoms with E-state index in [2.05, 4.69) is 11.9 Å². The third-order valence-electron chi connectivity index (χ3n) is 2.43. The van der Waals surface area contributed by atoms with E-state index in [4.69, 9.17) is 14.6 Å². The van der Waals surface area contributed by atoms with E-state index in [1.54, 1.807) is 19.4 Å². The molecule has 0 aromatic carbocycles. The van der Waals surface area contributed by atoms with E-state index in [-0.39, 0.29) is 6.61 Å². The van der Waals surface area contributed by atoms with Crippen molar-refractivity contribution < 1.29 is 14.6 Å². The van der Waals surface area contributed by atoms with Gasteiger partial charge in [-0.3, -0.25) is 0 Å². The van der Waals surface area contributed by atoms with Crippen LogP contribution in [0.5, 0.6) is 11.6 Å². The predicted octanol–water partition coefficient (Wildman–Crippen LogP) is 1.88. The van der Waals surface area contributed by atoms with Crippen molar-refractivity contribution in [2.45, 2.75) is 19.8 Å². The van der Waals surface area contributed by atoms with Crippen LogP contribution >= 0.6 is 0 Å². The Bertz CT molecular complexity index is 287. The maximum atomic E-state index is 8.74. The van der Waals surface area contributed by atoms with Gasteiger partial charge in [-0.25, -0.2) is 4.98 Å². The average Bonchev–Trinajstić information content (AvgIpc) is 2.30. The summed E-state index contributed by atoms with van der Waals surface area (Å²) < 4.78 is 10.5. The molecule has 90 valence electrons.